The zero-order valence-electron chi connectivity index (χ0n) is 13.3. The maximum Gasteiger partial charge on any atom is 0.258 e. The second-order valence-electron chi connectivity index (χ2n) is 5.32. The van der Waals surface area contributed by atoms with Gasteiger partial charge in [0, 0.05) is 29.6 Å². The number of nitrogens with zero attached hydrogens (tertiary/aromatic N) is 2. The molecule has 0 bridgehead atoms. The monoisotopic (exact) mass is 390 g/mol. The largest absolute Gasteiger partial charge is 0.350 e. The van der Waals surface area contributed by atoms with Crippen LogP contribution in [-0.4, -0.2) is 15.9 Å². The van der Waals surface area contributed by atoms with Crippen molar-refractivity contribution in [1.82, 2.24) is 9.97 Å². The lowest BCUT2D eigenvalue weighted by Crippen LogP contribution is -2.13. The van der Waals surface area contributed by atoms with Crippen molar-refractivity contribution < 1.29 is 9.18 Å². The maximum absolute atomic E-state index is 13.1. The molecule has 26 heavy (non-hydrogen) atoms. The first-order chi connectivity index (χ1) is 12.5. The van der Waals surface area contributed by atoms with E-state index in [0.717, 1.165) is 5.56 Å². The predicted molar refractivity (Wildman–Crippen MR) is 100 cm³/mol. The minimum atomic E-state index is -0.554. The summed E-state index contributed by atoms with van der Waals surface area (Å²) in [5.74, 6) is -0.612. The summed E-state index contributed by atoms with van der Waals surface area (Å²) in [6, 6.07) is 11.4. The average molecular weight is 391 g/mol. The summed E-state index contributed by atoms with van der Waals surface area (Å²) < 4.78 is 13.1. The van der Waals surface area contributed by atoms with Gasteiger partial charge in [0.2, 0.25) is 5.95 Å². The highest BCUT2D eigenvalue weighted by molar-refractivity contribution is 6.31. The van der Waals surface area contributed by atoms with Crippen LogP contribution in [0.3, 0.4) is 0 Å². The molecule has 1 heterocycles. The summed E-state index contributed by atoms with van der Waals surface area (Å²) >= 11 is 11.8. The fraction of sp³-hybridized carbons (Fsp3) is 0.0556. The van der Waals surface area contributed by atoms with Gasteiger partial charge in [0.05, 0.1) is 10.6 Å². The number of nitrogens with one attached hydrogen (secondary N) is 2. The third-order valence-corrected chi connectivity index (χ3v) is 4.14. The zero-order chi connectivity index (χ0) is 18.5. The van der Waals surface area contributed by atoms with Gasteiger partial charge in [0.1, 0.15) is 5.82 Å². The van der Waals surface area contributed by atoms with Gasteiger partial charge in [-0.25, -0.2) is 14.4 Å². The van der Waals surface area contributed by atoms with Crippen LogP contribution in [0.5, 0.6) is 0 Å². The number of carbonyl (C=O) groups is 1. The summed E-state index contributed by atoms with van der Waals surface area (Å²) in [6.45, 7) is 0.458. The SMILES string of the molecule is O=C(Nc1ccc(F)c(Cl)c1)c1cnc(NCc2ccccc2Cl)nc1. The fourth-order valence-corrected chi connectivity index (χ4v) is 2.51. The third-order valence-electron chi connectivity index (χ3n) is 3.49. The van der Waals surface area contributed by atoms with Crippen LogP contribution >= 0.6 is 23.2 Å². The molecule has 0 saturated heterocycles. The number of rotatable bonds is 5. The molecule has 2 N–H and O–H groups in total. The van der Waals surface area contributed by atoms with Gasteiger partial charge in [-0.1, -0.05) is 41.4 Å². The van der Waals surface area contributed by atoms with Crippen LogP contribution in [0, 0.1) is 5.82 Å². The van der Waals surface area contributed by atoms with Crippen molar-refractivity contribution in [3.8, 4) is 0 Å². The van der Waals surface area contributed by atoms with Crippen LogP contribution in [-0.2, 0) is 6.54 Å². The Hall–Kier alpha value is -2.70. The number of benzene rings is 2. The Morgan fingerprint density at radius 1 is 1.04 bits per heavy atom. The molecule has 3 aromatic rings. The topological polar surface area (TPSA) is 66.9 Å². The minimum absolute atomic E-state index is 0.0711. The molecule has 0 radical (unpaired) electrons. The Balaban J connectivity index is 1.62. The molecular weight excluding hydrogens is 378 g/mol. The van der Waals surface area contributed by atoms with Crippen molar-refractivity contribution in [3.05, 3.63) is 81.8 Å². The van der Waals surface area contributed by atoms with E-state index in [1.165, 1.54) is 30.6 Å². The minimum Gasteiger partial charge on any atom is -0.350 e. The van der Waals surface area contributed by atoms with Gasteiger partial charge >= 0.3 is 0 Å². The molecule has 1 amide bonds. The smallest absolute Gasteiger partial charge is 0.258 e. The van der Waals surface area contributed by atoms with Crippen molar-refractivity contribution in [2.75, 3.05) is 10.6 Å². The van der Waals surface area contributed by atoms with Crippen LogP contribution in [0.1, 0.15) is 15.9 Å². The zero-order valence-corrected chi connectivity index (χ0v) is 14.9. The first-order valence-electron chi connectivity index (χ1n) is 7.58. The molecule has 132 valence electrons. The number of halogens is 3. The number of hydrogen-bond donors (Lipinski definition) is 2. The average Bonchev–Trinajstić information content (AvgIpc) is 2.64. The van der Waals surface area contributed by atoms with Gasteiger partial charge in [0.25, 0.3) is 5.91 Å². The van der Waals surface area contributed by atoms with Crippen molar-refractivity contribution in [3.63, 3.8) is 0 Å². The highest BCUT2D eigenvalue weighted by Gasteiger charge is 2.09. The number of aromatic nitrogens is 2. The number of anilines is 2. The molecule has 0 spiro atoms. The lowest BCUT2D eigenvalue weighted by atomic mass is 10.2. The molecule has 0 fully saturated rings. The van der Waals surface area contributed by atoms with E-state index in [4.69, 9.17) is 23.2 Å². The van der Waals surface area contributed by atoms with E-state index in [-0.39, 0.29) is 10.6 Å². The van der Waals surface area contributed by atoms with E-state index in [0.29, 0.717) is 23.2 Å². The van der Waals surface area contributed by atoms with E-state index in [1.807, 2.05) is 18.2 Å². The number of carbonyl (C=O) groups excluding carboxylic acids is 1. The van der Waals surface area contributed by atoms with E-state index < -0.39 is 11.7 Å². The van der Waals surface area contributed by atoms with Gasteiger partial charge in [-0.05, 0) is 29.8 Å². The molecular formula is C18H13Cl2FN4O. The molecule has 2 aromatic carbocycles. The maximum atomic E-state index is 13.1. The second kappa shape index (κ2) is 8.12. The van der Waals surface area contributed by atoms with Gasteiger partial charge in [0.15, 0.2) is 0 Å². The molecule has 1 aromatic heterocycles. The first kappa shape index (κ1) is 18.1. The highest BCUT2D eigenvalue weighted by atomic mass is 35.5. The van der Waals surface area contributed by atoms with Crippen LogP contribution in [0.4, 0.5) is 16.0 Å². The number of amides is 1. The summed E-state index contributed by atoms with van der Waals surface area (Å²) in [6.07, 6.45) is 2.78. The molecule has 3 rings (SSSR count). The third kappa shape index (κ3) is 4.47. The molecule has 0 aliphatic heterocycles. The Morgan fingerprint density at radius 2 is 1.77 bits per heavy atom. The quantitative estimate of drug-likeness (QED) is 0.657. The standard InChI is InChI=1S/C18H13Cl2FN4O/c19-14-4-2-1-3-11(14)8-22-18-23-9-12(10-24-18)17(26)25-13-5-6-16(21)15(20)7-13/h1-7,9-10H,8H2,(H,25,26)(H,22,23,24). The van der Waals surface area contributed by atoms with Gasteiger partial charge in [-0.2, -0.15) is 0 Å². The Labute approximate surface area is 159 Å². The Morgan fingerprint density at radius 3 is 2.46 bits per heavy atom. The lowest BCUT2D eigenvalue weighted by Gasteiger charge is -2.08. The van der Waals surface area contributed by atoms with Gasteiger partial charge in [-0.15, -0.1) is 0 Å². The Bertz CT molecular complexity index is 935. The summed E-state index contributed by atoms with van der Waals surface area (Å²) in [5.41, 5.74) is 1.55. The van der Waals surface area contributed by atoms with Crippen LogP contribution in [0.15, 0.2) is 54.9 Å². The van der Waals surface area contributed by atoms with Gasteiger partial charge < -0.3 is 10.6 Å². The molecule has 0 atom stereocenters. The first-order valence-corrected chi connectivity index (χ1v) is 8.34. The second-order valence-corrected chi connectivity index (χ2v) is 6.14. The molecule has 0 saturated carbocycles. The summed E-state index contributed by atoms with van der Waals surface area (Å²) in [4.78, 5) is 20.4. The van der Waals surface area contributed by atoms with Crippen molar-refractivity contribution in [2.24, 2.45) is 0 Å². The fourth-order valence-electron chi connectivity index (χ4n) is 2.13. The normalized spacial score (nSPS) is 10.4. The molecule has 5 nitrogen and oxygen atoms in total. The highest BCUT2D eigenvalue weighted by Crippen LogP contribution is 2.20. The molecule has 0 unspecified atom stereocenters. The van der Waals surface area contributed by atoms with Crippen LogP contribution < -0.4 is 10.6 Å². The van der Waals surface area contributed by atoms with E-state index in [9.17, 15) is 9.18 Å². The number of hydrogen-bond acceptors (Lipinski definition) is 4. The van der Waals surface area contributed by atoms with E-state index in [2.05, 4.69) is 20.6 Å². The lowest BCUT2D eigenvalue weighted by molar-refractivity contribution is 0.102. The Kier molecular flexibility index (Phi) is 5.65. The summed E-state index contributed by atoms with van der Waals surface area (Å²) in [5, 5.41) is 6.21. The summed E-state index contributed by atoms with van der Waals surface area (Å²) in [7, 11) is 0. The van der Waals surface area contributed by atoms with E-state index in [1.54, 1.807) is 6.07 Å². The van der Waals surface area contributed by atoms with Crippen LogP contribution in [0.2, 0.25) is 10.0 Å². The van der Waals surface area contributed by atoms with Crippen molar-refractivity contribution in [2.45, 2.75) is 6.54 Å². The molecule has 0 aliphatic carbocycles. The van der Waals surface area contributed by atoms with Crippen molar-refractivity contribution >= 4 is 40.7 Å². The molecule has 0 aliphatic rings. The van der Waals surface area contributed by atoms with Crippen LogP contribution in [0.25, 0.3) is 0 Å². The van der Waals surface area contributed by atoms with Gasteiger partial charge in [-0.3, -0.25) is 4.79 Å². The predicted octanol–water partition coefficient (Wildman–Crippen LogP) is 4.79. The van der Waals surface area contributed by atoms with E-state index >= 15 is 0 Å². The molecule has 8 heteroatoms. The van der Waals surface area contributed by atoms with Crippen molar-refractivity contribution in [1.29, 1.82) is 0 Å².